The summed E-state index contributed by atoms with van der Waals surface area (Å²) in [6.45, 7) is 5.17. The molecule has 1 N–H and O–H groups in total. The zero-order valence-electron chi connectivity index (χ0n) is 16.4. The highest BCUT2D eigenvalue weighted by Gasteiger charge is 2.10. The first-order valence-corrected chi connectivity index (χ1v) is 9.41. The van der Waals surface area contributed by atoms with E-state index in [0.29, 0.717) is 24.5 Å². The van der Waals surface area contributed by atoms with Crippen molar-refractivity contribution in [2.24, 2.45) is 0 Å². The van der Waals surface area contributed by atoms with Crippen LogP contribution in [0.5, 0.6) is 0 Å². The molecule has 1 aromatic carbocycles. The fraction of sp³-hybridized carbons (Fsp3) is 0.182. The van der Waals surface area contributed by atoms with Crippen LogP contribution in [0, 0.1) is 13.8 Å². The van der Waals surface area contributed by atoms with Crippen molar-refractivity contribution in [3.8, 4) is 0 Å². The summed E-state index contributed by atoms with van der Waals surface area (Å²) in [5.41, 5.74) is 4.59. The minimum Gasteiger partial charge on any atom is -0.305 e. The molecule has 0 saturated carbocycles. The van der Waals surface area contributed by atoms with Crippen LogP contribution in [0.2, 0.25) is 0 Å². The van der Waals surface area contributed by atoms with Crippen molar-refractivity contribution in [1.82, 2.24) is 24.5 Å². The molecule has 4 aromatic rings. The molecular formula is C22H22N6O. The number of anilines is 1. The summed E-state index contributed by atoms with van der Waals surface area (Å²) < 4.78 is 3.68. The molecule has 0 aliphatic heterocycles. The Bertz CT molecular complexity index is 1130. The van der Waals surface area contributed by atoms with E-state index in [2.05, 4.69) is 20.5 Å². The molecule has 3 heterocycles. The summed E-state index contributed by atoms with van der Waals surface area (Å²) in [6, 6.07) is 17.1. The fourth-order valence-electron chi connectivity index (χ4n) is 3.18. The summed E-state index contributed by atoms with van der Waals surface area (Å²) >= 11 is 0. The first-order chi connectivity index (χ1) is 14.1. The smallest absolute Gasteiger partial charge is 0.256 e. The number of hydrogen-bond donors (Lipinski definition) is 1. The first-order valence-electron chi connectivity index (χ1n) is 9.41. The van der Waals surface area contributed by atoms with Crippen molar-refractivity contribution in [2.75, 3.05) is 5.32 Å². The Morgan fingerprint density at radius 1 is 1.00 bits per heavy atom. The van der Waals surface area contributed by atoms with Crippen LogP contribution in [0.15, 0.2) is 67.0 Å². The van der Waals surface area contributed by atoms with Crippen molar-refractivity contribution in [3.05, 3.63) is 95.2 Å². The molecule has 0 fully saturated rings. The molecule has 146 valence electrons. The lowest BCUT2D eigenvalue weighted by Gasteiger charge is -2.07. The molecule has 0 radical (unpaired) electrons. The van der Waals surface area contributed by atoms with E-state index >= 15 is 0 Å². The van der Waals surface area contributed by atoms with Gasteiger partial charge in [0.25, 0.3) is 5.91 Å². The summed E-state index contributed by atoms with van der Waals surface area (Å²) in [5.74, 6) is 0.318. The van der Waals surface area contributed by atoms with Gasteiger partial charge in [-0.15, -0.1) is 0 Å². The van der Waals surface area contributed by atoms with Crippen LogP contribution in [0.3, 0.4) is 0 Å². The van der Waals surface area contributed by atoms with Gasteiger partial charge in [-0.1, -0.05) is 18.2 Å². The van der Waals surface area contributed by atoms with Crippen LogP contribution in [0.25, 0.3) is 0 Å². The second-order valence-electron chi connectivity index (χ2n) is 6.96. The van der Waals surface area contributed by atoms with Gasteiger partial charge >= 0.3 is 0 Å². The Balaban J connectivity index is 1.43. The largest absolute Gasteiger partial charge is 0.305 e. The number of carbonyl (C=O) groups is 1. The van der Waals surface area contributed by atoms with Gasteiger partial charge in [-0.3, -0.25) is 19.1 Å². The average Bonchev–Trinajstić information content (AvgIpc) is 3.28. The van der Waals surface area contributed by atoms with Crippen molar-refractivity contribution >= 4 is 11.7 Å². The van der Waals surface area contributed by atoms with Gasteiger partial charge in [0.1, 0.15) is 0 Å². The van der Waals surface area contributed by atoms with Crippen molar-refractivity contribution in [3.63, 3.8) is 0 Å². The molecule has 3 aromatic heterocycles. The van der Waals surface area contributed by atoms with E-state index in [1.54, 1.807) is 23.0 Å². The molecule has 0 atom stereocenters. The topological polar surface area (TPSA) is 77.6 Å². The number of carbonyl (C=O) groups excluding carboxylic acids is 1. The van der Waals surface area contributed by atoms with Gasteiger partial charge in [-0.05, 0) is 49.7 Å². The minimum atomic E-state index is -0.191. The van der Waals surface area contributed by atoms with E-state index in [1.165, 1.54) is 0 Å². The van der Waals surface area contributed by atoms with Crippen LogP contribution in [-0.4, -0.2) is 30.5 Å². The highest BCUT2D eigenvalue weighted by atomic mass is 16.1. The van der Waals surface area contributed by atoms with Gasteiger partial charge in [0.2, 0.25) is 0 Å². The molecule has 7 heteroatoms. The van der Waals surface area contributed by atoms with Gasteiger partial charge in [0.05, 0.1) is 24.5 Å². The maximum absolute atomic E-state index is 12.7. The van der Waals surface area contributed by atoms with Gasteiger partial charge in [-0.25, -0.2) is 0 Å². The quantitative estimate of drug-likeness (QED) is 0.551. The van der Waals surface area contributed by atoms with Crippen molar-refractivity contribution in [1.29, 1.82) is 0 Å². The standard InChI is InChI=1S/C22H22N6O/c1-16-12-17(2)28(25-16)14-18-6-5-7-19(13-18)22(29)24-21-9-11-27(26-21)15-20-8-3-4-10-23-20/h3-13H,14-15H2,1-2H3,(H,24,26,29). The van der Waals surface area contributed by atoms with Crippen LogP contribution < -0.4 is 5.32 Å². The lowest BCUT2D eigenvalue weighted by Crippen LogP contribution is -2.14. The van der Waals surface area contributed by atoms with Crippen LogP contribution in [-0.2, 0) is 13.1 Å². The van der Waals surface area contributed by atoms with Gasteiger partial charge in [-0.2, -0.15) is 10.2 Å². The molecule has 29 heavy (non-hydrogen) atoms. The third-order valence-corrected chi connectivity index (χ3v) is 4.56. The van der Waals surface area contributed by atoms with E-state index in [0.717, 1.165) is 22.6 Å². The predicted octanol–water partition coefficient (Wildman–Crippen LogP) is 3.44. The summed E-state index contributed by atoms with van der Waals surface area (Å²) in [5, 5.41) is 11.7. The van der Waals surface area contributed by atoms with Gasteiger partial charge < -0.3 is 5.32 Å². The number of rotatable bonds is 6. The Morgan fingerprint density at radius 3 is 2.66 bits per heavy atom. The van der Waals surface area contributed by atoms with Crippen LogP contribution in [0.4, 0.5) is 5.82 Å². The molecule has 1 amide bonds. The van der Waals surface area contributed by atoms with Crippen LogP contribution >= 0.6 is 0 Å². The summed E-state index contributed by atoms with van der Waals surface area (Å²) in [6.07, 6.45) is 3.57. The van der Waals surface area contributed by atoms with Gasteiger partial charge in [0, 0.05) is 29.7 Å². The number of nitrogens with one attached hydrogen (secondary N) is 1. The molecule has 0 spiro atoms. The normalized spacial score (nSPS) is 10.8. The van der Waals surface area contributed by atoms with Crippen LogP contribution in [0.1, 0.15) is 33.0 Å². The molecule has 0 aliphatic rings. The average molecular weight is 386 g/mol. The van der Waals surface area contributed by atoms with E-state index in [9.17, 15) is 4.79 Å². The number of hydrogen-bond acceptors (Lipinski definition) is 4. The molecule has 7 nitrogen and oxygen atoms in total. The maximum atomic E-state index is 12.7. The number of amides is 1. The number of nitrogens with zero attached hydrogens (tertiary/aromatic N) is 5. The summed E-state index contributed by atoms with van der Waals surface area (Å²) in [4.78, 5) is 17.0. The van der Waals surface area contributed by atoms with E-state index in [-0.39, 0.29) is 5.91 Å². The highest BCUT2D eigenvalue weighted by molar-refractivity contribution is 6.03. The fourth-order valence-corrected chi connectivity index (χ4v) is 3.18. The zero-order valence-corrected chi connectivity index (χ0v) is 16.4. The van der Waals surface area contributed by atoms with Crippen molar-refractivity contribution in [2.45, 2.75) is 26.9 Å². The second kappa shape index (κ2) is 8.10. The number of aryl methyl sites for hydroxylation is 2. The molecule has 0 unspecified atom stereocenters. The summed E-state index contributed by atoms with van der Waals surface area (Å²) in [7, 11) is 0. The van der Waals surface area contributed by atoms with E-state index in [1.807, 2.05) is 67.2 Å². The third kappa shape index (κ3) is 4.57. The SMILES string of the molecule is Cc1cc(C)n(Cc2cccc(C(=O)Nc3ccn(Cc4ccccn4)n3)c2)n1. The predicted molar refractivity (Wildman–Crippen MR) is 111 cm³/mol. The Kier molecular flexibility index (Phi) is 5.20. The number of benzene rings is 1. The Labute approximate surface area is 169 Å². The highest BCUT2D eigenvalue weighted by Crippen LogP contribution is 2.12. The monoisotopic (exact) mass is 386 g/mol. The number of aromatic nitrogens is 5. The maximum Gasteiger partial charge on any atom is 0.256 e. The molecular weight excluding hydrogens is 364 g/mol. The zero-order chi connectivity index (χ0) is 20.2. The molecule has 4 rings (SSSR count). The lowest BCUT2D eigenvalue weighted by atomic mass is 10.1. The van der Waals surface area contributed by atoms with E-state index in [4.69, 9.17) is 0 Å². The number of pyridine rings is 1. The Hall–Kier alpha value is -3.74. The second-order valence-corrected chi connectivity index (χ2v) is 6.96. The van der Waals surface area contributed by atoms with Crippen molar-refractivity contribution < 1.29 is 4.79 Å². The Morgan fingerprint density at radius 2 is 1.90 bits per heavy atom. The first kappa shape index (κ1) is 18.6. The molecule has 0 aliphatic carbocycles. The van der Waals surface area contributed by atoms with E-state index < -0.39 is 0 Å². The third-order valence-electron chi connectivity index (χ3n) is 4.56. The molecule has 0 saturated heterocycles. The molecule has 0 bridgehead atoms. The minimum absolute atomic E-state index is 0.191. The van der Waals surface area contributed by atoms with Gasteiger partial charge in [0.15, 0.2) is 5.82 Å². The lowest BCUT2D eigenvalue weighted by molar-refractivity contribution is 0.102.